The van der Waals surface area contributed by atoms with E-state index in [9.17, 15) is 4.79 Å². The molecular formula is C18H26N2O. The summed E-state index contributed by atoms with van der Waals surface area (Å²) in [4.78, 5) is 15.3. The maximum atomic E-state index is 13.0. The van der Waals surface area contributed by atoms with E-state index in [1.807, 2.05) is 6.07 Å². The molecule has 1 saturated carbocycles. The van der Waals surface area contributed by atoms with Crippen molar-refractivity contribution in [3.8, 4) is 0 Å². The van der Waals surface area contributed by atoms with Crippen LogP contribution in [0.4, 0.5) is 0 Å². The van der Waals surface area contributed by atoms with E-state index in [1.54, 1.807) is 0 Å². The predicted molar refractivity (Wildman–Crippen MR) is 85.2 cm³/mol. The van der Waals surface area contributed by atoms with E-state index in [2.05, 4.69) is 41.5 Å². The number of amides is 1. The van der Waals surface area contributed by atoms with E-state index in [0.29, 0.717) is 6.04 Å². The highest BCUT2D eigenvalue weighted by molar-refractivity contribution is 5.88. The molecule has 1 saturated heterocycles. The molecule has 2 aliphatic rings. The zero-order valence-corrected chi connectivity index (χ0v) is 13.0. The molecule has 0 bridgehead atoms. The Morgan fingerprint density at radius 3 is 2.38 bits per heavy atom. The van der Waals surface area contributed by atoms with Crippen molar-refractivity contribution in [2.45, 2.75) is 50.0 Å². The van der Waals surface area contributed by atoms with Gasteiger partial charge in [0.15, 0.2) is 0 Å². The van der Waals surface area contributed by atoms with Crippen molar-refractivity contribution in [3.63, 3.8) is 0 Å². The molecular weight excluding hydrogens is 260 g/mol. The first-order chi connectivity index (χ1) is 10.2. The molecule has 1 aromatic rings. The summed E-state index contributed by atoms with van der Waals surface area (Å²) < 4.78 is 0. The maximum Gasteiger partial charge on any atom is 0.230 e. The second-order valence-corrected chi connectivity index (χ2v) is 6.71. The van der Waals surface area contributed by atoms with Crippen LogP contribution in [0.1, 0.15) is 44.1 Å². The molecule has 3 rings (SSSR count). The normalized spacial score (nSPS) is 23.1. The van der Waals surface area contributed by atoms with Crippen molar-refractivity contribution in [2.24, 2.45) is 0 Å². The number of hydrogen-bond acceptors (Lipinski definition) is 2. The molecule has 3 nitrogen and oxygen atoms in total. The molecule has 2 fully saturated rings. The number of benzene rings is 1. The van der Waals surface area contributed by atoms with Crippen molar-refractivity contribution < 1.29 is 4.79 Å². The summed E-state index contributed by atoms with van der Waals surface area (Å²) in [6.45, 7) is 2.17. The summed E-state index contributed by atoms with van der Waals surface area (Å²) in [7, 11) is 2.15. The summed E-state index contributed by atoms with van der Waals surface area (Å²) in [6.07, 6.45) is 6.47. The van der Waals surface area contributed by atoms with Gasteiger partial charge in [-0.05, 0) is 51.4 Å². The fourth-order valence-electron chi connectivity index (χ4n) is 3.86. The third kappa shape index (κ3) is 2.98. The molecule has 0 unspecified atom stereocenters. The maximum absolute atomic E-state index is 13.0. The number of piperidine rings is 1. The van der Waals surface area contributed by atoms with E-state index in [1.165, 1.54) is 5.56 Å². The Hall–Kier alpha value is -1.35. The Kier molecular flexibility index (Phi) is 4.29. The highest BCUT2D eigenvalue weighted by Crippen LogP contribution is 2.41. The van der Waals surface area contributed by atoms with Crippen LogP contribution < -0.4 is 5.32 Å². The van der Waals surface area contributed by atoms with Crippen LogP contribution in [-0.2, 0) is 10.2 Å². The van der Waals surface area contributed by atoms with E-state index in [0.717, 1.165) is 51.6 Å². The van der Waals surface area contributed by atoms with Gasteiger partial charge in [0.1, 0.15) is 0 Å². The number of nitrogens with one attached hydrogen (secondary N) is 1. The lowest BCUT2D eigenvalue weighted by Gasteiger charge is -2.34. The summed E-state index contributed by atoms with van der Waals surface area (Å²) >= 11 is 0. The second kappa shape index (κ2) is 6.18. The lowest BCUT2D eigenvalue weighted by atomic mass is 9.77. The van der Waals surface area contributed by atoms with Gasteiger partial charge in [0.2, 0.25) is 5.91 Å². The molecule has 1 amide bonds. The third-order valence-electron chi connectivity index (χ3n) is 5.27. The van der Waals surface area contributed by atoms with Gasteiger partial charge in [-0.2, -0.15) is 0 Å². The van der Waals surface area contributed by atoms with Crippen molar-refractivity contribution >= 4 is 5.91 Å². The Labute approximate surface area is 127 Å². The minimum absolute atomic E-state index is 0.265. The average molecular weight is 286 g/mol. The van der Waals surface area contributed by atoms with Crippen LogP contribution in [0.15, 0.2) is 30.3 Å². The molecule has 0 atom stereocenters. The second-order valence-electron chi connectivity index (χ2n) is 6.71. The van der Waals surface area contributed by atoms with Gasteiger partial charge in [0.25, 0.3) is 0 Å². The molecule has 1 N–H and O–H groups in total. The van der Waals surface area contributed by atoms with Gasteiger partial charge in [-0.1, -0.05) is 43.2 Å². The highest BCUT2D eigenvalue weighted by atomic mass is 16.2. The summed E-state index contributed by atoms with van der Waals surface area (Å²) in [6, 6.07) is 10.7. The van der Waals surface area contributed by atoms with Crippen molar-refractivity contribution in [1.29, 1.82) is 0 Å². The Morgan fingerprint density at radius 2 is 1.76 bits per heavy atom. The molecule has 0 spiro atoms. The number of rotatable bonds is 3. The molecule has 21 heavy (non-hydrogen) atoms. The van der Waals surface area contributed by atoms with Gasteiger partial charge in [0, 0.05) is 6.04 Å². The SMILES string of the molecule is CN1CCC(NC(=O)C2(c3ccccc3)CCCC2)CC1. The zero-order valence-electron chi connectivity index (χ0n) is 13.0. The zero-order chi connectivity index (χ0) is 14.7. The topological polar surface area (TPSA) is 32.3 Å². The number of carbonyl (C=O) groups is 1. The largest absolute Gasteiger partial charge is 0.353 e. The molecule has 3 heteroatoms. The van der Waals surface area contributed by atoms with Crippen molar-refractivity contribution in [1.82, 2.24) is 10.2 Å². The monoisotopic (exact) mass is 286 g/mol. The lowest BCUT2D eigenvalue weighted by Crippen LogP contribution is -2.50. The molecule has 1 heterocycles. The van der Waals surface area contributed by atoms with Gasteiger partial charge in [-0.25, -0.2) is 0 Å². The summed E-state index contributed by atoms with van der Waals surface area (Å²) in [5.41, 5.74) is 0.929. The molecule has 0 radical (unpaired) electrons. The Morgan fingerprint density at radius 1 is 1.14 bits per heavy atom. The number of likely N-dealkylation sites (tertiary alicyclic amines) is 1. The smallest absolute Gasteiger partial charge is 0.230 e. The fraction of sp³-hybridized carbons (Fsp3) is 0.611. The molecule has 1 aromatic carbocycles. The lowest BCUT2D eigenvalue weighted by molar-refractivity contribution is -0.127. The van der Waals surface area contributed by atoms with Crippen molar-refractivity contribution in [2.75, 3.05) is 20.1 Å². The molecule has 1 aliphatic heterocycles. The van der Waals surface area contributed by atoms with Gasteiger partial charge in [0.05, 0.1) is 5.41 Å². The highest BCUT2D eigenvalue weighted by Gasteiger charge is 2.43. The van der Waals surface area contributed by atoms with Crippen LogP contribution in [-0.4, -0.2) is 37.0 Å². The van der Waals surface area contributed by atoms with Crippen LogP contribution in [0, 0.1) is 0 Å². The minimum Gasteiger partial charge on any atom is -0.353 e. The van der Waals surface area contributed by atoms with Gasteiger partial charge in [-0.15, -0.1) is 0 Å². The third-order valence-corrected chi connectivity index (χ3v) is 5.27. The van der Waals surface area contributed by atoms with E-state index in [-0.39, 0.29) is 11.3 Å². The first-order valence-corrected chi connectivity index (χ1v) is 8.26. The molecule has 114 valence electrons. The van der Waals surface area contributed by atoms with Crippen LogP contribution in [0.2, 0.25) is 0 Å². The fourth-order valence-corrected chi connectivity index (χ4v) is 3.86. The Balaban J connectivity index is 1.74. The van der Waals surface area contributed by atoms with Crippen LogP contribution in [0.25, 0.3) is 0 Å². The first-order valence-electron chi connectivity index (χ1n) is 8.26. The van der Waals surface area contributed by atoms with Crippen molar-refractivity contribution in [3.05, 3.63) is 35.9 Å². The average Bonchev–Trinajstić information content (AvgIpc) is 3.01. The van der Waals surface area contributed by atoms with Crippen LogP contribution in [0.3, 0.4) is 0 Å². The number of carbonyl (C=O) groups excluding carboxylic acids is 1. The predicted octanol–water partition coefficient (Wildman–Crippen LogP) is 2.71. The van der Waals surface area contributed by atoms with Gasteiger partial charge < -0.3 is 10.2 Å². The standard InChI is InChI=1S/C18H26N2O/c1-20-13-9-16(10-14-20)19-17(21)18(11-5-6-12-18)15-7-3-2-4-8-15/h2-4,7-8,16H,5-6,9-14H2,1H3,(H,19,21). The molecule has 1 aliphatic carbocycles. The summed E-state index contributed by atoms with van der Waals surface area (Å²) in [5, 5.41) is 3.36. The number of nitrogens with zero attached hydrogens (tertiary/aromatic N) is 1. The Bertz CT molecular complexity index is 471. The van der Waals surface area contributed by atoms with Gasteiger partial charge in [-0.3, -0.25) is 4.79 Å². The van der Waals surface area contributed by atoms with Crippen LogP contribution in [0.5, 0.6) is 0 Å². The van der Waals surface area contributed by atoms with Gasteiger partial charge >= 0.3 is 0 Å². The van der Waals surface area contributed by atoms with Crippen LogP contribution >= 0.6 is 0 Å². The van der Waals surface area contributed by atoms with E-state index >= 15 is 0 Å². The van der Waals surface area contributed by atoms with E-state index < -0.39 is 0 Å². The number of hydrogen-bond donors (Lipinski definition) is 1. The minimum atomic E-state index is -0.273. The van der Waals surface area contributed by atoms with E-state index in [4.69, 9.17) is 0 Å². The molecule has 0 aromatic heterocycles. The summed E-state index contributed by atoms with van der Waals surface area (Å²) in [5.74, 6) is 0.265. The quantitative estimate of drug-likeness (QED) is 0.926. The first kappa shape index (κ1) is 14.6.